The van der Waals surface area contributed by atoms with Gasteiger partial charge >= 0.3 is 0 Å². The number of hydrogen-bond donors (Lipinski definition) is 2. The predicted octanol–water partition coefficient (Wildman–Crippen LogP) is 3.00. The van der Waals surface area contributed by atoms with Crippen LogP contribution in [-0.4, -0.2) is 30.8 Å². The molecule has 0 radical (unpaired) electrons. The summed E-state index contributed by atoms with van der Waals surface area (Å²) >= 11 is 0. The molecule has 4 nitrogen and oxygen atoms in total. The van der Waals surface area contributed by atoms with Gasteiger partial charge in [-0.05, 0) is 48.7 Å². The van der Waals surface area contributed by atoms with Gasteiger partial charge in [0, 0.05) is 12.6 Å². The van der Waals surface area contributed by atoms with Crippen LogP contribution in [0.5, 0.6) is 5.75 Å². The van der Waals surface area contributed by atoms with Crippen LogP contribution in [0, 0.1) is 5.82 Å². The summed E-state index contributed by atoms with van der Waals surface area (Å²) in [6, 6.07) is 11.6. The first kappa shape index (κ1) is 17.0. The van der Waals surface area contributed by atoms with Crippen molar-refractivity contribution >= 4 is 5.91 Å². The number of carbonyl (C=O) groups excluding carboxylic acids is 1. The Hall–Kier alpha value is -2.40. The average molecular weight is 317 g/mol. The minimum Gasteiger partial charge on any atom is -0.497 e. The lowest BCUT2D eigenvalue weighted by atomic mass is 10.0. The zero-order valence-corrected chi connectivity index (χ0v) is 13.2. The molecule has 1 amide bonds. The van der Waals surface area contributed by atoms with Crippen LogP contribution in [0.25, 0.3) is 11.1 Å². The third kappa shape index (κ3) is 4.29. The first-order valence-electron chi connectivity index (χ1n) is 7.41. The highest BCUT2D eigenvalue weighted by Crippen LogP contribution is 2.24. The lowest BCUT2D eigenvalue weighted by Crippen LogP contribution is -2.33. The zero-order valence-electron chi connectivity index (χ0n) is 13.2. The minimum atomic E-state index is -0.577. The van der Waals surface area contributed by atoms with Crippen LogP contribution in [-0.2, 0) is 0 Å². The molecule has 2 N–H and O–H groups in total. The normalized spacial score (nSPS) is 11.8. The topological polar surface area (TPSA) is 58.6 Å². The number of hydrogen-bond acceptors (Lipinski definition) is 3. The second kappa shape index (κ2) is 7.74. The number of ether oxygens (including phenoxy) is 1. The first-order chi connectivity index (χ1) is 11.0. The largest absolute Gasteiger partial charge is 0.497 e. The third-order valence-electron chi connectivity index (χ3n) is 3.58. The molecule has 0 aliphatic rings. The van der Waals surface area contributed by atoms with Gasteiger partial charge in [0.1, 0.15) is 11.6 Å². The van der Waals surface area contributed by atoms with Crippen molar-refractivity contribution in [1.82, 2.24) is 5.32 Å². The molecule has 0 saturated heterocycles. The fraction of sp³-hybridized carbons (Fsp3) is 0.278. The molecule has 2 aromatic carbocycles. The number of benzene rings is 2. The van der Waals surface area contributed by atoms with E-state index < -0.39 is 11.7 Å². The van der Waals surface area contributed by atoms with E-state index in [2.05, 4.69) is 5.32 Å². The number of carbonyl (C=O) groups is 1. The molecule has 0 spiro atoms. The van der Waals surface area contributed by atoms with Gasteiger partial charge in [-0.25, -0.2) is 4.39 Å². The average Bonchev–Trinajstić information content (AvgIpc) is 2.54. The van der Waals surface area contributed by atoms with Gasteiger partial charge in [-0.2, -0.15) is 0 Å². The lowest BCUT2D eigenvalue weighted by molar-refractivity contribution is 0.0930. The van der Waals surface area contributed by atoms with E-state index in [-0.39, 0.29) is 18.2 Å². The number of aliphatic hydroxyl groups excluding tert-OH is 1. The van der Waals surface area contributed by atoms with Crippen LogP contribution in [0.3, 0.4) is 0 Å². The molecule has 1 unspecified atom stereocenters. The third-order valence-corrected chi connectivity index (χ3v) is 3.58. The first-order valence-corrected chi connectivity index (χ1v) is 7.41. The van der Waals surface area contributed by atoms with Crippen molar-refractivity contribution in [1.29, 1.82) is 0 Å². The molecular weight excluding hydrogens is 297 g/mol. The van der Waals surface area contributed by atoms with Crippen LogP contribution < -0.4 is 10.1 Å². The summed E-state index contributed by atoms with van der Waals surface area (Å²) in [5.41, 5.74) is 1.52. The molecule has 0 aliphatic heterocycles. The number of nitrogens with one attached hydrogen (secondary N) is 1. The number of amides is 1. The Bertz CT molecular complexity index is 670. The molecule has 5 heteroatoms. The van der Waals surface area contributed by atoms with E-state index >= 15 is 0 Å². The molecule has 0 fully saturated rings. The standard InChI is InChI=1S/C18H20FNO3/c1-12(9-10-21)20-18(22)16-8-5-14(11-17(16)19)13-3-6-15(23-2)7-4-13/h3-8,11-12,21H,9-10H2,1-2H3,(H,20,22). The maximum atomic E-state index is 14.2. The second-order valence-corrected chi connectivity index (χ2v) is 5.31. The van der Waals surface area contributed by atoms with E-state index in [4.69, 9.17) is 9.84 Å². The smallest absolute Gasteiger partial charge is 0.254 e. The zero-order chi connectivity index (χ0) is 16.8. The van der Waals surface area contributed by atoms with E-state index in [9.17, 15) is 9.18 Å². The fourth-order valence-corrected chi connectivity index (χ4v) is 2.23. The molecule has 0 bridgehead atoms. The highest BCUT2D eigenvalue weighted by atomic mass is 19.1. The van der Waals surface area contributed by atoms with Crippen LogP contribution in [0.2, 0.25) is 0 Å². The molecule has 23 heavy (non-hydrogen) atoms. The minimum absolute atomic E-state index is 0.00736. The van der Waals surface area contributed by atoms with E-state index in [1.54, 1.807) is 32.2 Å². The van der Waals surface area contributed by atoms with Crippen molar-refractivity contribution < 1.29 is 19.0 Å². The Morgan fingerprint density at radius 1 is 1.22 bits per heavy atom. The van der Waals surface area contributed by atoms with E-state index in [0.29, 0.717) is 12.0 Å². The van der Waals surface area contributed by atoms with Gasteiger partial charge in [-0.3, -0.25) is 4.79 Å². The van der Waals surface area contributed by atoms with Gasteiger partial charge in [0.25, 0.3) is 5.91 Å². The highest BCUT2D eigenvalue weighted by Gasteiger charge is 2.14. The van der Waals surface area contributed by atoms with Crippen LogP contribution in [0.15, 0.2) is 42.5 Å². The van der Waals surface area contributed by atoms with Crippen LogP contribution >= 0.6 is 0 Å². The fourth-order valence-electron chi connectivity index (χ4n) is 2.23. The van der Waals surface area contributed by atoms with Crippen molar-refractivity contribution in [3.63, 3.8) is 0 Å². The molecule has 2 aromatic rings. The Morgan fingerprint density at radius 2 is 1.87 bits per heavy atom. The predicted molar refractivity (Wildman–Crippen MR) is 87.0 cm³/mol. The van der Waals surface area contributed by atoms with Gasteiger partial charge in [0.2, 0.25) is 0 Å². The summed E-state index contributed by atoms with van der Waals surface area (Å²) in [4.78, 5) is 12.0. The maximum absolute atomic E-state index is 14.2. The van der Waals surface area contributed by atoms with Gasteiger partial charge in [-0.1, -0.05) is 18.2 Å². The monoisotopic (exact) mass is 317 g/mol. The number of rotatable bonds is 6. The molecule has 122 valence electrons. The van der Waals surface area contributed by atoms with Crippen molar-refractivity contribution in [2.24, 2.45) is 0 Å². The summed E-state index contributed by atoms with van der Waals surface area (Å²) in [5.74, 6) is -0.333. The summed E-state index contributed by atoms with van der Waals surface area (Å²) in [6.07, 6.45) is 0.428. The van der Waals surface area contributed by atoms with Crippen molar-refractivity contribution in [3.05, 3.63) is 53.8 Å². The summed E-state index contributed by atoms with van der Waals surface area (Å²) in [7, 11) is 1.58. The van der Waals surface area contributed by atoms with E-state index in [1.165, 1.54) is 12.1 Å². The van der Waals surface area contributed by atoms with Gasteiger partial charge in [-0.15, -0.1) is 0 Å². The van der Waals surface area contributed by atoms with E-state index in [0.717, 1.165) is 11.3 Å². The van der Waals surface area contributed by atoms with Crippen molar-refractivity contribution in [3.8, 4) is 16.9 Å². The van der Waals surface area contributed by atoms with Gasteiger partial charge in [0.05, 0.1) is 12.7 Å². The molecule has 0 saturated carbocycles. The summed E-state index contributed by atoms with van der Waals surface area (Å²) < 4.78 is 19.3. The highest BCUT2D eigenvalue weighted by molar-refractivity contribution is 5.95. The summed E-state index contributed by atoms with van der Waals surface area (Å²) in [6.45, 7) is 1.73. The molecule has 1 atom stereocenters. The molecule has 2 rings (SSSR count). The van der Waals surface area contributed by atoms with E-state index in [1.807, 2.05) is 12.1 Å². The SMILES string of the molecule is COc1ccc(-c2ccc(C(=O)NC(C)CCO)c(F)c2)cc1. The van der Waals surface area contributed by atoms with Crippen LogP contribution in [0.1, 0.15) is 23.7 Å². The van der Waals surface area contributed by atoms with Crippen LogP contribution in [0.4, 0.5) is 4.39 Å². The Morgan fingerprint density at radius 3 is 2.43 bits per heavy atom. The quantitative estimate of drug-likeness (QED) is 0.861. The molecule has 0 aromatic heterocycles. The second-order valence-electron chi connectivity index (χ2n) is 5.31. The molecular formula is C18H20FNO3. The Labute approximate surface area is 134 Å². The Kier molecular flexibility index (Phi) is 5.71. The van der Waals surface area contributed by atoms with Gasteiger partial charge < -0.3 is 15.2 Å². The number of methoxy groups -OCH3 is 1. The Balaban J connectivity index is 2.18. The lowest BCUT2D eigenvalue weighted by Gasteiger charge is -2.13. The maximum Gasteiger partial charge on any atom is 0.254 e. The number of halogens is 1. The van der Waals surface area contributed by atoms with Crippen molar-refractivity contribution in [2.45, 2.75) is 19.4 Å². The summed E-state index contributed by atoms with van der Waals surface area (Å²) in [5, 5.41) is 11.5. The number of aliphatic hydroxyl groups is 1. The van der Waals surface area contributed by atoms with Crippen molar-refractivity contribution in [2.75, 3.05) is 13.7 Å². The van der Waals surface area contributed by atoms with Gasteiger partial charge in [0.15, 0.2) is 0 Å². The molecule has 0 heterocycles. The molecule has 0 aliphatic carbocycles.